The van der Waals surface area contributed by atoms with E-state index in [-0.39, 0.29) is 11.8 Å². The molecule has 0 aliphatic heterocycles. The lowest BCUT2D eigenvalue weighted by Crippen LogP contribution is -2.32. The Morgan fingerprint density at radius 1 is 1.00 bits per heavy atom. The minimum atomic E-state index is -0.690. The number of amides is 2. The van der Waals surface area contributed by atoms with Crippen molar-refractivity contribution in [2.45, 2.75) is 40.2 Å². The molecule has 0 saturated heterocycles. The smallest absolute Gasteiger partial charge is 0.265 e. The van der Waals surface area contributed by atoms with Crippen molar-refractivity contribution in [3.63, 3.8) is 0 Å². The Balaban J connectivity index is 2.08. The van der Waals surface area contributed by atoms with Gasteiger partial charge in [0.15, 0.2) is 6.10 Å². The van der Waals surface area contributed by atoms with E-state index in [1.54, 1.807) is 31.2 Å². The summed E-state index contributed by atoms with van der Waals surface area (Å²) in [5, 5.41) is 5.69. The van der Waals surface area contributed by atoms with Crippen LogP contribution >= 0.6 is 0 Å². The van der Waals surface area contributed by atoms with E-state index in [0.717, 1.165) is 12.0 Å². The molecule has 0 aliphatic carbocycles. The van der Waals surface area contributed by atoms with E-state index in [2.05, 4.69) is 10.6 Å². The maximum Gasteiger partial charge on any atom is 0.265 e. The number of aryl methyl sites for hydroxylation is 1. The maximum absolute atomic E-state index is 12.6. The molecule has 2 aromatic rings. The molecular formula is C22H28N2O3. The van der Waals surface area contributed by atoms with Gasteiger partial charge in [0.25, 0.3) is 11.8 Å². The standard InChI is InChI=1S/C22H28N2O3/c1-5-17-10-6-9-13-20(17)27-16(4)21(25)24-19-12-8-7-11-18(19)22(26)23-14-15(2)3/h6-13,15-16H,5,14H2,1-4H3,(H,23,26)(H,24,25)/t16-/m0/s1. The zero-order valence-corrected chi connectivity index (χ0v) is 16.4. The molecule has 2 N–H and O–H groups in total. The van der Waals surface area contributed by atoms with E-state index >= 15 is 0 Å². The lowest BCUT2D eigenvalue weighted by molar-refractivity contribution is -0.122. The van der Waals surface area contributed by atoms with E-state index in [4.69, 9.17) is 4.74 Å². The van der Waals surface area contributed by atoms with E-state index < -0.39 is 6.10 Å². The summed E-state index contributed by atoms with van der Waals surface area (Å²) in [7, 11) is 0. The van der Waals surface area contributed by atoms with E-state index in [1.165, 1.54) is 0 Å². The summed E-state index contributed by atoms with van der Waals surface area (Å²) in [6, 6.07) is 14.6. The van der Waals surface area contributed by atoms with Crippen molar-refractivity contribution < 1.29 is 14.3 Å². The summed E-state index contributed by atoms with van der Waals surface area (Å²) >= 11 is 0. The topological polar surface area (TPSA) is 67.4 Å². The second-order valence-corrected chi connectivity index (χ2v) is 6.86. The SMILES string of the molecule is CCc1ccccc1O[C@@H](C)C(=O)Nc1ccccc1C(=O)NCC(C)C. The minimum absolute atomic E-state index is 0.204. The highest BCUT2D eigenvalue weighted by Gasteiger charge is 2.19. The van der Waals surface area contributed by atoms with Crippen molar-refractivity contribution in [3.8, 4) is 5.75 Å². The summed E-state index contributed by atoms with van der Waals surface area (Å²) in [6.07, 6.45) is 0.132. The Kier molecular flexibility index (Phi) is 7.41. The molecule has 5 nitrogen and oxygen atoms in total. The van der Waals surface area contributed by atoms with Gasteiger partial charge in [-0.15, -0.1) is 0 Å². The summed E-state index contributed by atoms with van der Waals surface area (Å²) in [5.41, 5.74) is 1.96. The van der Waals surface area contributed by atoms with Crippen molar-refractivity contribution in [2.75, 3.05) is 11.9 Å². The normalized spacial score (nSPS) is 11.7. The third kappa shape index (κ3) is 5.84. The third-order valence-electron chi connectivity index (χ3n) is 4.13. The fourth-order valence-corrected chi connectivity index (χ4v) is 2.57. The van der Waals surface area contributed by atoms with Gasteiger partial charge in [0.05, 0.1) is 11.3 Å². The van der Waals surface area contributed by atoms with Crippen molar-refractivity contribution in [3.05, 3.63) is 59.7 Å². The average Bonchev–Trinajstić information content (AvgIpc) is 2.66. The number of hydrogen-bond acceptors (Lipinski definition) is 3. The number of ether oxygens (including phenoxy) is 1. The van der Waals surface area contributed by atoms with Gasteiger partial charge < -0.3 is 15.4 Å². The first-order chi connectivity index (χ1) is 12.9. The zero-order chi connectivity index (χ0) is 19.8. The molecule has 0 bridgehead atoms. The predicted molar refractivity (Wildman–Crippen MR) is 108 cm³/mol. The molecular weight excluding hydrogens is 340 g/mol. The van der Waals surface area contributed by atoms with Gasteiger partial charge in [-0.05, 0) is 43.0 Å². The Labute approximate surface area is 161 Å². The van der Waals surface area contributed by atoms with Gasteiger partial charge in [-0.25, -0.2) is 0 Å². The molecule has 27 heavy (non-hydrogen) atoms. The quantitative estimate of drug-likeness (QED) is 0.739. The molecule has 2 rings (SSSR count). The number of benzene rings is 2. The second-order valence-electron chi connectivity index (χ2n) is 6.86. The highest BCUT2D eigenvalue weighted by molar-refractivity contribution is 6.04. The van der Waals surface area contributed by atoms with Gasteiger partial charge in [0.2, 0.25) is 0 Å². The van der Waals surface area contributed by atoms with Crippen molar-refractivity contribution in [1.82, 2.24) is 5.32 Å². The highest BCUT2D eigenvalue weighted by atomic mass is 16.5. The Morgan fingerprint density at radius 3 is 2.37 bits per heavy atom. The van der Waals surface area contributed by atoms with Crippen LogP contribution in [0.4, 0.5) is 5.69 Å². The first-order valence-corrected chi connectivity index (χ1v) is 9.35. The Hall–Kier alpha value is -2.82. The molecule has 1 atom stereocenters. The van der Waals surface area contributed by atoms with Crippen LogP contribution in [0.5, 0.6) is 5.75 Å². The van der Waals surface area contributed by atoms with Crippen LogP contribution in [0.2, 0.25) is 0 Å². The highest BCUT2D eigenvalue weighted by Crippen LogP contribution is 2.21. The molecule has 5 heteroatoms. The van der Waals surface area contributed by atoms with Crippen LogP contribution in [0.25, 0.3) is 0 Å². The molecule has 0 fully saturated rings. The molecule has 0 heterocycles. The second kappa shape index (κ2) is 9.76. The number of rotatable bonds is 8. The average molecular weight is 368 g/mol. The Bertz CT molecular complexity index is 787. The number of carbonyl (C=O) groups excluding carboxylic acids is 2. The summed E-state index contributed by atoms with van der Waals surface area (Å²) in [5.74, 6) is 0.544. The monoisotopic (exact) mass is 368 g/mol. The molecule has 2 aromatic carbocycles. The van der Waals surface area contributed by atoms with Crippen LogP contribution < -0.4 is 15.4 Å². The molecule has 0 spiro atoms. The number of hydrogen-bond donors (Lipinski definition) is 2. The number of anilines is 1. The van der Waals surface area contributed by atoms with Crippen LogP contribution in [0.3, 0.4) is 0 Å². The predicted octanol–water partition coefficient (Wildman–Crippen LogP) is 4.04. The number of nitrogens with one attached hydrogen (secondary N) is 2. The first kappa shape index (κ1) is 20.5. The van der Waals surface area contributed by atoms with Gasteiger partial charge >= 0.3 is 0 Å². The number of carbonyl (C=O) groups is 2. The molecule has 0 aliphatic rings. The van der Waals surface area contributed by atoms with E-state index in [9.17, 15) is 9.59 Å². The molecule has 0 aromatic heterocycles. The minimum Gasteiger partial charge on any atom is -0.481 e. The van der Waals surface area contributed by atoms with Crippen LogP contribution in [-0.2, 0) is 11.2 Å². The summed E-state index contributed by atoms with van der Waals surface area (Å²) in [4.78, 5) is 25.0. The molecule has 0 saturated carbocycles. The van der Waals surface area contributed by atoms with E-state index in [0.29, 0.717) is 29.5 Å². The fourth-order valence-electron chi connectivity index (χ4n) is 2.57. The van der Waals surface area contributed by atoms with Crippen molar-refractivity contribution >= 4 is 17.5 Å². The first-order valence-electron chi connectivity index (χ1n) is 9.35. The Morgan fingerprint density at radius 2 is 1.67 bits per heavy atom. The van der Waals surface area contributed by atoms with Crippen LogP contribution in [0.15, 0.2) is 48.5 Å². The molecule has 2 amide bonds. The van der Waals surface area contributed by atoms with Gasteiger partial charge in [0.1, 0.15) is 5.75 Å². The van der Waals surface area contributed by atoms with E-state index in [1.807, 2.05) is 45.0 Å². The molecule has 144 valence electrons. The van der Waals surface area contributed by atoms with Gasteiger partial charge in [-0.3, -0.25) is 9.59 Å². The van der Waals surface area contributed by atoms with Gasteiger partial charge in [-0.2, -0.15) is 0 Å². The fraction of sp³-hybridized carbons (Fsp3) is 0.364. The van der Waals surface area contributed by atoms with Crippen molar-refractivity contribution in [2.24, 2.45) is 5.92 Å². The van der Waals surface area contributed by atoms with Crippen LogP contribution in [0, 0.1) is 5.92 Å². The lowest BCUT2D eigenvalue weighted by atomic mass is 10.1. The molecule has 0 radical (unpaired) electrons. The summed E-state index contributed by atoms with van der Waals surface area (Å²) < 4.78 is 5.84. The van der Waals surface area contributed by atoms with Crippen LogP contribution in [-0.4, -0.2) is 24.5 Å². The van der Waals surface area contributed by atoms with Gasteiger partial charge in [0, 0.05) is 6.54 Å². The number of para-hydroxylation sites is 2. The van der Waals surface area contributed by atoms with Crippen LogP contribution in [0.1, 0.15) is 43.6 Å². The summed E-state index contributed by atoms with van der Waals surface area (Å²) in [6.45, 7) is 8.37. The third-order valence-corrected chi connectivity index (χ3v) is 4.13. The lowest BCUT2D eigenvalue weighted by Gasteiger charge is -2.18. The zero-order valence-electron chi connectivity index (χ0n) is 16.4. The molecule has 0 unspecified atom stereocenters. The largest absolute Gasteiger partial charge is 0.481 e. The maximum atomic E-state index is 12.6. The van der Waals surface area contributed by atoms with Gasteiger partial charge in [-0.1, -0.05) is 51.1 Å². The van der Waals surface area contributed by atoms with Crippen molar-refractivity contribution in [1.29, 1.82) is 0 Å².